The van der Waals surface area contributed by atoms with E-state index in [0.29, 0.717) is 38.3 Å². The maximum Gasteiger partial charge on any atom is 0.341 e. The van der Waals surface area contributed by atoms with Crippen LogP contribution in [0, 0.1) is 5.82 Å². The van der Waals surface area contributed by atoms with Gasteiger partial charge in [0, 0.05) is 22.4 Å². The van der Waals surface area contributed by atoms with Gasteiger partial charge in [-0.15, -0.1) is 11.3 Å². The Balaban J connectivity index is 1.64. The molecule has 3 rings (SSSR count). The molecule has 0 saturated carbocycles. The molecule has 0 radical (unpaired) electrons. The molecule has 5 nitrogen and oxygen atoms in total. The largest absolute Gasteiger partial charge is 0.492 e. The molecule has 0 bridgehead atoms. The van der Waals surface area contributed by atoms with Gasteiger partial charge in [-0.3, -0.25) is 4.79 Å². The van der Waals surface area contributed by atoms with Crippen molar-refractivity contribution in [3.05, 3.63) is 69.3 Å². The Bertz CT molecular complexity index is 1100. The molecule has 0 atom stereocenters. The zero-order chi connectivity index (χ0) is 23.1. The number of thiophene rings is 1. The fourth-order valence-electron chi connectivity index (χ4n) is 2.89. The third kappa shape index (κ3) is 6.22. The quantitative estimate of drug-likeness (QED) is 0.260. The van der Waals surface area contributed by atoms with Crippen LogP contribution < -0.4 is 10.1 Å². The molecule has 1 N–H and O–H groups in total. The van der Waals surface area contributed by atoms with Crippen LogP contribution in [0.4, 0.5) is 9.39 Å². The van der Waals surface area contributed by atoms with Gasteiger partial charge in [-0.05, 0) is 49.2 Å². The molecule has 0 saturated heterocycles. The summed E-state index contributed by atoms with van der Waals surface area (Å²) >= 11 is 13.1. The predicted octanol–water partition coefficient (Wildman–Crippen LogP) is 6.84. The van der Waals surface area contributed by atoms with Gasteiger partial charge in [0.25, 0.3) is 0 Å². The fourth-order valence-corrected chi connectivity index (χ4v) is 4.33. The topological polar surface area (TPSA) is 64.6 Å². The highest BCUT2D eigenvalue weighted by Gasteiger charge is 2.22. The molecule has 0 fully saturated rings. The van der Waals surface area contributed by atoms with Gasteiger partial charge in [-0.25, -0.2) is 9.18 Å². The van der Waals surface area contributed by atoms with Crippen molar-refractivity contribution in [1.82, 2.24) is 0 Å². The Labute approximate surface area is 199 Å². The van der Waals surface area contributed by atoms with E-state index < -0.39 is 5.97 Å². The lowest BCUT2D eigenvalue weighted by atomic mass is 10.0. The Morgan fingerprint density at radius 3 is 2.56 bits per heavy atom. The lowest BCUT2D eigenvalue weighted by Gasteiger charge is -2.10. The summed E-state index contributed by atoms with van der Waals surface area (Å²) in [5.74, 6) is -0.710. The smallest absolute Gasteiger partial charge is 0.341 e. The second-order valence-electron chi connectivity index (χ2n) is 6.66. The lowest BCUT2D eigenvalue weighted by molar-refractivity contribution is -0.116. The van der Waals surface area contributed by atoms with E-state index in [-0.39, 0.29) is 36.9 Å². The van der Waals surface area contributed by atoms with E-state index in [1.54, 1.807) is 42.6 Å². The standard InChI is InChI=1S/C23H20Cl2FNO4S/c1-2-30-23(29)21-17(14-5-8-16(26)9-6-14)13-32-22(21)27-20(28)4-3-11-31-19-10-7-15(24)12-18(19)25/h5-10,12-13H,2-4,11H2,1H3,(H,27,28). The third-order valence-electron chi connectivity index (χ3n) is 4.38. The van der Waals surface area contributed by atoms with E-state index >= 15 is 0 Å². The van der Waals surface area contributed by atoms with E-state index in [2.05, 4.69) is 5.32 Å². The molecule has 32 heavy (non-hydrogen) atoms. The maximum atomic E-state index is 13.3. The lowest BCUT2D eigenvalue weighted by Crippen LogP contribution is -2.15. The third-order valence-corrected chi connectivity index (χ3v) is 5.80. The molecular weight excluding hydrogens is 476 g/mol. The molecule has 0 aliphatic heterocycles. The van der Waals surface area contributed by atoms with Gasteiger partial charge < -0.3 is 14.8 Å². The number of rotatable bonds is 9. The van der Waals surface area contributed by atoms with E-state index in [1.807, 2.05) is 0 Å². The number of nitrogens with one attached hydrogen (secondary N) is 1. The zero-order valence-electron chi connectivity index (χ0n) is 17.1. The maximum absolute atomic E-state index is 13.3. The zero-order valence-corrected chi connectivity index (χ0v) is 19.5. The summed E-state index contributed by atoms with van der Waals surface area (Å²) in [5.41, 5.74) is 1.48. The SMILES string of the molecule is CCOC(=O)c1c(-c2ccc(F)cc2)csc1NC(=O)CCCOc1ccc(Cl)cc1Cl. The summed E-state index contributed by atoms with van der Waals surface area (Å²) in [6.07, 6.45) is 0.618. The highest BCUT2D eigenvalue weighted by molar-refractivity contribution is 7.15. The van der Waals surface area contributed by atoms with Crippen molar-refractivity contribution in [2.75, 3.05) is 18.5 Å². The summed E-state index contributed by atoms with van der Waals surface area (Å²) in [6, 6.07) is 10.7. The molecule has 168 valence electrons. The van der Waals surface area contributed by atoms with Crippen molar-refractivity contribution in [2.45, 2.75) is 19.8 Å². The summed E-state index contributed by atoms with van der Waals surface area (Å²) in [7, 11) is 0. The van der Waals surface area contributed by atoms with Gasteiger partial charge in [-0.2, -0.15) is 0 Å². The molecule has 2 aromatic carbocycles. The Kier molecular flexibility index (Phi) is 8.50. The summed E-state index contributed by atoms with van der Waals surface area (Å²) in [5, 5.41) is 5.80. The minimum Gasteiger partial charge on any atom is -0.492 e. The van der Waals surface area contributed by atoms with E-state index in [4.69, 9.17) is 32.7 Å². The molecule has 0 aliphatic carbocycles. The number of ether oxygens (including phenoxy) is 2. The van der Waals surface area contributed by atoms with Crippen LogP contribution in [0.2, 0.25) is 10.0 Å². The normalized spacial score (nSPS) is 10.6. The molecule has 1 amide bonds. The van der Waals surface area contributed by atoms with E-state index in [9.17, 15) is 14.0 Å². The van der Waals surface area contributed by atoms with Crippen LogP contribution in [0.3, 0.4) is 0 Å². The molecule has 1 heterocycles. The van der Waals surface area contributed by atoms with Crippen molar-refractivity contribution in [2.24, 2.45) is 0 Å². The number of hydrogen-bond donors (Lipinski definition) is 1. The molecule has 0 unspecified atom stereocenters. The van der Waals surface area contributed by atoms with Crippen LogP contribution in [0.1, 0.15) is 30.1 Å². The van der Waals surface area contributed by atoms with Crippen LogP contribution in [0.5, 0.6) is 5.75 Å². The van der Waals surface area contributed by atoms with E-state index in [1.165, 1.54) is 23.5 Å². The molecule has 0 spiro atoms. The number of carbonyl (C=O) groups excluding carboxylic acids is 2. The van der Waals surface area contributed by atoms with Crippen molar-refractivity contribution < 1.29 is 23.5 Å². The van der Waals surface area contributed by atoms with Crippen molar-refractivity contribution in [1.29, 1.82) is 0 Å². The van der Waals surface area contributed by atoms with Crippen LogP contribution in [-0.2, 0) is 9.53 Å². The van der Waals surface area contributed by atoms with Crippen LogP contribution in [0.25, 0.3) is 11.1 Å². The van der Waals surface area contributed by atoms with Gasteiger partial charge in [0.2, 0.25) is 5.91 Å². The Morgan fingerprint density at radius 1 is 1.12 bits per heavy atom. The first-order valence-corrected chi connectivity index (χ1v) is 11.4. The number of anilines is 1. The number of esters is 1. The van der Waals surface area contributed by atoms with Crippen molar-refractivity contribution >= 4 is 51.4 Å². The van der Waals surface area contributed by atoms with Gasteiger partial charge in [0.05, 0.1) is 18.2 Å². The molecular formula is C23H20Cl2FNO4S. The first-order valence-electron chi connectivity index (χ1n) is 9.81. The number of amides is 1. The van der Waals surface area contributed by atoms with Crippen LogP contribution in [-0.4, -0.2) is 25.1 Å². The second kappa shape index (κ2) is 11.3. The van der Waals surface area contributed by atoms with Crippen molar-refractivity contribution in [3.8, 4) is 16.9 Å². The van der Waals surface area contributed by atoms with Crippen molar-refractivity contribution in [3.63, 3.8) is 0 Å². The number of benzene rings is 2. The Hall–Kier alpha value is -2.61. The summed E-state index contributed by atoms with van der Waals surface area (Å²) < 4.78 is 24.0. The average molecular weight is 496 g/mol. The first kappa shape index (κ1) is 24.0. The molecule has 3 aromatic rings. The van der Waals surface area contributed by atoms with Crippen LogP contribution in [0.15, 0.2) is 47.8 Å². The number of halogens is 3. The van der Waals surface area contributed by atoms with Gasteiger partial charge in [0.1, 0.15) is 22.1 Å². The van der Waals surface area contributed by atoms with Gasteiger partial charge in [0.15, 0.2) is 0 Å². The Morgan fingerprint density at radius 2 is 1.88 bits per heavy atom. The number of hydrogen-bond acceptors (Lipinski definition) is 5. The first-order chi connectivity index (χ1) is 15.4. The van der Waals surface area contributed by atoms with Gasteiger partial charge >= 0.3 is 5.97 Å². The summed E-state index contributed by atoms with van der Waals surface area (Å²) in [6.45, 7) is 2.17. The van der Waals surface area contributed by atoms with Gasteiger partial charge in [-0.1, -0.05) is 35.3 Å². The minimum absolute atomic E-state index is 0.178. The number of carbonyl (C=O) groups is 2. The average Bonchev–Trinajstić information content (AvgIpc) is 3.16. The second-order valence-corrected chi connectivity index (χ2v) is 8.38. The molecule has 9 heteroatoms. The fraction of sp³-hybridized carbons (Fsp3) is 0.217. The molecule has 0 aliphatic rings. The predicted molar refractivity (Wildman–Crippen MR) is 125 cm³/mol. The highest BCUT2D eigenvalue weighted by Crippen LogP contribution is 2.36. The monoisotopic (exact) mass is 495 g/mol. The van der Waals surface area contributed by atoms with Crippen LogP contribution >= 0.6 is 34.5 Å². The summed E-state index contributed by atoms with van der Waals surface area (Å²) in [4.78, 5) is 25.0. The van der Waals surface area contributed by atoms with E-state index in [0.717, 1.165) is 0 Å². The molecule has 1 aromatic heterocycles. The highest BCUT2D eigenvalue weighted by atomic mass is 35.5. The minimum atomic E-state index is -0.552.